The summed E-state index contributed by atoms with van der Waals surface area (Å²) in [6, 6.07) is 19.3. The van der Waals surface area contributed by atoms with Crippen LogP contribution >= 0.6 is 23.1 Å². The van der Waals surface area contributed by atoms with Crippen molar-refractivity contribution in [3.05, 3.63) is 82.0 Å². The van der Waals surface area contributed by atoms with Crippen molar-refractivity contribution >= 4 is 34.7 Å². The van der Waals surface area contributed by atoms with E-state index in [1.807, 2.05) is 73.0 Å². The summed E-state index contributed by atoms with van der Waals surface area (Å²) in [4.78, 5) is 14.5. The van der Waals surface area contributed by atoms with Crippen LogP contribution in [0.3, 0.4) is 0 Å². The van der Waals surface area contributed by atoms with Gasteiger partial charge in [-0.2, -0.15) is 0 Å². The third-order valence-corrected chi connectivity index (χ3v) is 6.65. The molecule has 0 unspecified atom stereocenters. The maximum absolute atomic E-state index is 13.4. The fraction of sp³-hybridized carbons (Fsp3) is 0.182. The fourth-order valence-electron chi connectivity index (χ4n) is 3.05. The van der Waals surface area contributed by atoms with Gasteiger partial charge in [-0.15, -0.1) is 16.4 Å². The van der Waals surface area contributed by atoms with E-state index in [4.69, 9.17) is 4.74 Å². The average Bonchev–Trinajstić information content (AvgIpc) is 3.45. The van der Waals surface area contributed by atoms with Crippen LogP contribution in [0.2, 0.25) is 0 Å². The lowest BCUT2D eigenvalue weighted by Crippen LogP contribution is -2.20. The molecule has 7 nitrogen and oxygen atoms in total. The summed E-state index contributed by atoms with van der Waals surface area (Å²) in [7, 11) is 1.59. The molecule has 0 aliphatic rings. The zero-order chi connectivity index (χ0) is 21.6. The zero-order valence-corrected chi connectivity index (χ0v) is 18.7. The molecule has 0 aliphatic carbocycles. The molecule has 0 radical (unpaired) electrons. The van der Waals surface area contributed by atoms with E-state index in [1.165, 1.54) is 11.8 Å². The van der Waals surface area contributed by atoms with Gasteiger partial charge in [-0.1, -0.05) is 54.2 Å². The zero-order valence-electron chi connectivity index (χ0n) is 17.1. The van der Waals surface area contributed by atoms with Crippen molar-refractivity contribution in [2.45, 2.75) is 23.9 Å². The first-order chi connectivity index (χ1) is 15.1. The highest BCUT2D eigenvalue weighted by molar-refractivity contribution is 8.00. The number of methoxy groups -OCH3 is 1. The van der Waals surface area contributed by atoms with Gasteiger partial charge in [0.15, 0.2) is 0 Å². The van der Waals surface area contributed by atoms with Crippen molar-refractivity contribution in [2.75, 3.05) is 12.4 Å². The molecule has 0 bridgehead atoms. The number of nitrogens with one attached hydrogen (secondary N) is 1. The second-order valence-electron chi connectivity index (χ2n) is 6.80. The average molecular weight is 452 g/mol. The molecule has 9 heteroatoms. The smallest absolute Gasteiger partial charge is 0.242 e. The summed E-state index contributed by atoms with van der Waals surface area (Å²) in [5.74, 6) is 0.434. The Balaban J connectivity index is 1.61. The van der Waals surface area contributed by atoms with E-state index < -0.39 is 5.25 Å². The van der Waals surface area contributed by atoms with Crippen molar-refractivity contribution in [2.24, 2.45) is 0 Å². The van der Waals surface area contributed by atoms with E-state index in [2.05, 4.69) is 20.8 Å². The predicted molar refractivity (Wildman–Crippen MR) is 123 cm³/mol. The molecule has 0 aliphatic heterocycles. The van der Waals surface area contributed by atoms with Crippen molar-refractivity contribution in [1.29, 1.82) is 0 Å². The largest absolute Gasteiger partial charge is 0.495 e. The Morgan fingerprint density at radius 1 is 1.19 bits per heavy atom. The Morgan fingerprint density at radius 2 is 2.03 bits per heavy atom. The van der Waals surface area contributed by atoms with Gasteiger partial charge in [0, 0.05) is 4.88 Å². The Kier molecular flexibility index (Phi) is 6.63. The minimum Gasteiger partial charge on any atom is -0.495 e. The molecule has 0 fully saturated rings. The number of carbonyl (C=O) groups excluding carboxylic acids is 1. The highest BCUT2D eigenvalue weighted by Crippen LogP contribution is 2.36. The van der Waals surface area contributed by atoms with Gasteiger partial charge in [0.1, 0.15) is 11.0 Å². The number of hydrogen-bond donors (Lipinski definition) is 1. The van der Waals surface area contributed by atoms with Crippen molar-refractivity contribution < 1.29 is 9.53 Å². The second-order valence-corrected chi connectivity index (χ2v) is 8.90. The number of carbonyl (C=O) groups is 1. The number of nitrogens with zero attached hydrogens (tertiary/aromatic N) is 4. The van der Waals surface area contributed by atoms with E-state index in [-0.39, 0.29) is 5.91 Å². The number of benzene rings is 2. The number of rotatable bonds is 8. The van der Waals surface area contributed by atoms with Crippen LogP contribution in [0.1, 0.15) is 21.3 Å². The molecule has 2 aromatic heterocycles. The van der Waals surface area contributed by atoms with E-state index >= 15 is 0 Å². The molecule has 2 heterocycles. The summed E-state index contributed by atoms with van der Waals surface area (Å²) in [5.41, 5.74) is 2.52. The van der Waals surface area contributed by atoms with Crippen LogP contribution < -0.4 is 10.1 Å². The van der Waals surface area contributed by atoms with Crippen LogP contribution in [0, 0.1) is 6.92 Å². The lowest BCUT2D eigenvalue weighted by molar-refractivity contribution is -0.115. The van der Waals surface area contributed by atoms with Crippen molar-refractivity contribution in [3.8, 4) is 5.75 Å². The maximum atomic E-state index is 13.4. The van der Waals surface area contributed by atoms with Crippen LogP contribution in [-0.4, -0.2) is 33.2 Å². The number of thiophene rings is 1. The van der Waals surface area contributed by atoms with Crippen molar-refractivity contribution in [1.82, 2.24) is 20.2 Å². The Morgan fingerprint density at radius 3 is 2.77 bits per heavy atom. The highest BCUT2D eigenvalue weighted by Gasteiger charge is 2.26. The molecule has 31 heavy (non-hydrogen) atoms. The van der Waals surface area contributed by atoms with Crippen LogP contribution in [0.4, 0.5) is 5.69 Å². The third kappa shape index (κ3) is 5.12. The molecule has 1 amide bonds. The third-order valence-electron chi connectivity index (χ3n) is 4.56. The first-order valence-corrected chi connectivity index (χ1v) is 11.4. The molecule has 0 saturated carbocycles. The number of aryl methyl sites for hydroxylation is 1. The standard InChI is InChI=1S/C22H21N5O2S2/c1-15-10-11-19(29-2)18(13-15)23-21(28)20(16-7-4-3-5-8-16)31-22-24-25-26-27(22)14-17-9-6-12-30-17/h3-13,20H,14H2,1-2H3,(H,23,28)/t20-/m0/s1. The van der Waals surface area contributed by atoms with E-state index in [0.29, 0.717) is 23.1 Å². The quantitative estimate of drug-likeness (QED) is 0.395. The molecule has 1 atom stereocenters. The summed E-state index contributed by atoms with van der Waals surface area (Å²) in [6.45, 7) is 2.53. The van der Waals surface area contributed by atoms with Crippen LogP contribution in [0.25, 0.3) is 0 Å². The number of ether oxygens (including phenoxy) is 1. The van der Waals surface area contributed by atoms with Gasteiger partial charge in [0.2, 0.25) is 11.1 Å². The number of hydrogen-bond acceptors (Lipinski definition) is 7. The lowest BCUT2D eigenvalue weighted by atomic mass is 10.1. The Hall–Kier alpha value is -3.17. The Bertz CT molecular complexity index is 1150. The topological polar surface area (TPSA) is 81.9 Å². The highest BCUT2D eigenvalue weighted by atomic mass is 32.2. The minimum absolute atomic E-state index is 0.175. The summed E-state index contributed by atoms with van der Waals surface area (Å²) in [6.07, 6.45) is 0. The molecule has 4 rings (SSSR count). The van der Waals surface area contributed by atoms with Gasteiger partial charge in [-0.3, -0.25) is 4.79 Å². The van der Waals surface area contributed by atoms with Crippen LogP contribution in [-0.2, 0) is 11.3 Å². The SMILES string of the molecule is COc1ccc(C)cc1NC(=O)[C@@H](Sc1nnnn1Cc1cccs1)c1ccccc1. The Labute approximate surface area is 188 Å². The molecule has 2 aromatic carbocycles. The fourth-order valence-corrected chi connectivity index (χ4v) is 4.72. The first kappa shape index (κ1) is 21.1. The van der Waals surface area contributed by atoms with Gasteiger partial charge < -0.3 is 10.1 Å². The molecule has 1 N–H and O–H groups in total. The number of tetrazole rings is 1. The van der Waals surface area contributed by atoms with Gasteiger partial charge >= 0.3 is 0 Å². The summed E-state index contributed by atoms with van der Waals surface area (Å²) >= 11 is 2.96. The number of thioether (sulfide) groups is 1. The molecular weight excluding hydrogens is 430 g/mol. The molecule has 0 spiro atoms. The molecule has 0 saturated heterocycles. The summed E-state index contributed by atoms with van der Waals surface area (Å²) < 4.78 is 7.13. The van der Waals surface area contributed by atoms with Crippen LogP contribution in [0.5, 0.6) is 5.75 Å². The normalized spacial score (nSPS) is 11.8. The minimum atomic E-state index is -0.542. The first-order valence-electron chi connectivity index (χ1n) is 9.59. The monoisotopic (exact) mass is 451 g/mol. The molecular formula is C22H21N5O2S2. The number of aromatic nitrogens is 4. The van der Waals surface area contributed by atoms with Crippen molar-refractivity contribution in [3.63, 3.8) is 0 Å². The molecule has 4 aromatic rings. The van der Waals surface area contributed by atoms with E-state index in [1.54, 1.807) is 23.1 Å². The van der Waals surface area contributed by atoms with Gasteiger partial charge in [-0.05, 0) is 52.1 Å². The predicted octanol–water partition coefficient (Wildman–Crippen LogP) is 4.57. The number of amides is 1. The number of anilines is 1. The van der Waals surface area contributed by atoms with E-state index in [0.717, 1.165) is 16.0 Å². The van der Waals surface area contributed by atoms with Gasteiger partial charge in [-0.25, -0.2) is 4.68 Å². The van der Waals surface area contributed by atoms with E-state index in [9.17, 15) is 4.79 Å². The lowest BCUT2D eigenvalue weighted by Gasteiger charge is -2.18. The van der Waals surface area contributed by atoms with Crippen LogP contribution in [0.15, 0.2) is 71.2 Å². The molecule has 158 valence electrons. The van der Waals surface area contributed by atoms with Gasteiger partial charge in [0.05, 0.1) is 19.3 Å². The second kappa shape index (κ2) is 9.76. The maximum Gasteiger partial charge on any atom is 0.242 e. The summed E-state index contributed by atoms with van der Waals surface area (Å²) in [5, 5.41) is 17.2. The van der Waals surface area contributed by atoms with Gasteiger partial charge in [0.25, 0.3) is 0 Å².